The lowest BCUT2D eigenvalue weighted by molar-refractivity contribution is 0.553. The van der Waals surface area contributed by atoms with E-state index in [1.807, 2.05) is 54.4 Å². The molecule has 2 nitrogen and oxygen atoms in total. The summed E-state index contributed by atoms with van der Waals surface area (Å²) in [5.74, 6) is 0.753. The Labute approximate surface area is 143 Å². The van der Waals surface area contributed by atoms with Crippen molar-refractivity contribution in [1.82, 2.24) is 0 Å². The molecule has 0 aliphatic heterocycles. The molecule has 0 bridgehead atoms. The van der Waals surface area contributed by atoms with Crippen LogP contribution in [0.1, 0.15) is 13.0 Å². The quantitative estimate of drug-likeness (QED) is 0.571. The Morgan fingerprint density at radius 1 is 0.913 bits per heavy atom. The van der Waals surface area contributed by atoms with Gasteiger partial charge in [0.25, 0.3) is 5.17 Å². The number of hydrogen-bond donors (Lipinski definition) is 0. The van der Waals surface area contributed by atoms with Crippen molar-refractivity contribution in [2.45, 2.75) is 14.4 Å². The van der Waals surface area contributed by atoms with E-state index in [2.05, 4.69) is 31.2 Å². The zero-order valence-electron chi connectivity index (χ0n) is 12.6. The van der Waals surface area contributed by atoms with Crippen molar-refractivity contribution in [1.29, 1.82) is 0 Å². The zero-order valence-corrected chi connectivity index (χ0v) is 13.4. The van der Waals surface area contributed by atoms with E-state index in [4.69, 9.17) is 17.0 Å². The molecule has 0 radical (unpaired) electrons. The van der Waals surface area contributed by atoms with Gasteiger partial charge in [0.15, 0.2) is 0 Å². The summed E-state index contributed by atoms with van der Waals surface area (Å²) in [5, 5.41) is 2.76. The number of benzene rings is 3. The third-order valence-electron chi connectivity index (χ3n) is 3.59. The highest BCUT2D eigenvalue weighted by Crippen LogP contribution is 2.22. The monoisotopic (exact) mass is 323 g/mol. The summed E-state index contributed by atoms with van der Waals surface area (Å²) in [6.07, 6.45) is 0. The summed E-state index contributed by atoms with van der Waals surface area (Å²) in [7, 11) is 1.91. The summed E-state index contributed by atoms with van der Waals surface area (Å²) < 4.78 is 5.84. The molecule has 3 aromatic carbocycles. The molecule has 0 unspecified atom stereocenters. The van der Waals surface area contributed by atoms with Gasteiger partial charge in [0, 0.05) is 12.7 Å². The average Bonchev–Trinajstić information content (AvgIpc) is 2.54. The fraction of sp³-hybridized carbons (Fsp3) is 0.150. The number of hydrogen-bond acceptors (Lipinski definition) is 2. The van der Waals surface area contributed by atoms with Crippen molar-refractivity contribution in [3.8, 4) is 5.75 Å². The summed E-state index contributed by atoms with van der Waals surface area (Å²) in [5.41, 5.74) is 2.21. The maximum absolute atomic E-state index is 5.84. The smallest absolute Gasteiger partial charge is 0.269 e. The van der Waals surface area contributed by atoms with E-state index < -0.39 is 0 Å². The Morgan fingerprint density at radius 3 is 2.39 bits per heavy atom. The minimum atomic E-state index is 0. The fourth-order valence-electron chi connectivity index (χ4n) is 2.34. The van der Waals surface area contributed by atoms with Gasteiger partial charge in [-0.2, -0.15) is 0 Å². The minimum absolute atomic E-state index is 0. The number of ether oxygens (including phenoxy) is 1. The average molecular weight is 323 g/mol. The Balaban J connectivity index is 0.00000192. The molecule has 3 heteroatoms. The Bertz CT molecular complexity index is 828. The van der Waals surface area contributed by atoms with Crippen molar-refractivity contribution in [2.75, 3.05) is 11.9 Å². The highest BCUT2D eigenvalue weighted by Gasteiger charge is 2.09. The number of aryl methyl sites for hydroxylation is 1. The first-order valence-electron chi connectivity index (χ1n) is 7.14. The topological polar surface area (TPSA) is 12.5 Å². The number of nitrogens with zero attached hydrogens (tertiary/aromatic N) is 1. The van der Waals surface area contributed by atoms with Crippen molar-refractivity contribution in [2.24, 2.45) is 0 Å². The normalized spacial score (nSPS) is 10.0. The standard InChI is InChI=1S/C19H17NOS.CH4/c1-14-6-5-9-17(12-14)20(2)19(22)21-18-11-10-15-7-3-4-8-16(15)13-18;/h3-13H,1-2H3;1H4. The van der Waals surface area contributed by atoms with Crippen LogP contribution in [0, 0.1) is 6.92 Å². The lowest BCUT2D eigenvalue weighted by Gasteiger charge is -2.20. The van der Waals surface area contributed by atoms with E-state index in [-0.39, 0.29) is 7.43 Å². The Hall–Kier alpha value is -2.39. The third-order valence-corrected chi connectivity index (χ3v) is 3.95. The first kappa shape index (κ1) is 17.0. The van der Waals surface area contributed by atoms with Gasteiger partial charge in [0.05, 0.1) is 0 Å². The van der Waals surface area contributed by atoms with Crippen LogP contribution in [0.2, 0.25) is 0 Å². The van der Waals surface area contributed by atoms with Crippen LogP contribution in [0.15, 0.2) is 66.7 Å². The molecule has 3 rings (SSSR count). The van der Waals surface area contributed by atoms with Crippen LogP contribution in [-0.4, -0.2) is 12.2 Å². The maximum atomic E-state index is 5.84. The summed E-state index contributed by atoms with van der Waals surface area (Å²) in [6, 6.07) is 22.3. The predicted octanol–water partition coefficient (Wildman–Crippen LogP) is 5.58. The van der Waals surface area contributed by atoms with E-state index in [1.54, 1.807) is 0 Å². The maximum Gasteiger partial charge on any atom is 0.269 e. The molecule has 23 heavy (non-hydrogen) atoms. The zero-order chi connectivity index (χ0) is 15.5. The molecule has 0 atom stereocenters. The first-order valence-corrected chi connectivity index (χ1v) is 7.55. The molecule has 0 aromatic heterocycles. The van der Waals surface area contributed by atoms with E-state index in [0.717, 1.165) is 16.8 Å². The van der Waals surface area contributed by atoms with E-state index in [9.17, 15) is 0 Å². The van der Waals surface area contributed by atoms with Gasteiger partial charge in [0.2, 0.25) is 0 Å². The molecule has 0 N–H and O–H groups in total. The van der Waals surface area contributed by atoms with Crippen LogP contribution in [0.4, 0.5) is 5.69 Å². The van der Waals surface area contributed by atoms with E-state index >= 15 is 0 Å². The second-order valence-corrected chi connectivity index (χ2v) is 5.62. The van der Waals surface area contributed by atoms with Gasteiger partial charge in [-0.05, 0) is 59.7 Å². The van der Waals surface area contributed by atoms with Gasteiger partial charge >= 0.3 is 0 Å². The summed E-state index contributed by atoms with van der Waals surface area (Å²) in [6.45, 7) is 2.06. The van der Waals surface area contributed by atoms with Crippen LogP contribution in [0.25, 0.3) is 10.8 Å². The van der Waals surface area contributed by atoms with Gasteiger partial charge in [0.1, 0.15) is 5.75 Å². The Kier molecular flexibility index (Phi) is 5.35. The second-order valence-electron chi connectivity index (χ2n) is 5.27. The molecule has 0 heterocycles. The van der Waals surface area contributed by atoms with Crippen LogP contribution in [0.5, 0.6) is 5.75 Å². The van der Waals surface area contributed by atoms with Crippen molar-refractivity contribution < 1.29 is 4.74 Å². The predicted molar refractivity (Wildman–Crippen MR) is 103 cm³/mol. The van der Waals surface area contributed by atoms with E-state index in [1.165, 1.54) is 10.9 Å². The molecule has 0 saturated carbocycles. The molecule has 0 saturated heterocycles. The van der Waals surface area contributed by atoms with Crippen molar-refractivity contribution >= 4 is 33.9 Å². The first-order chi connectivity index (χ1) is 10.6. The van der Waals surface area contributed by atoms with Crippen LogP contribution >= 0.6 is 12.2 Å². The van der Waals surface area contributed by atoms with Crippen molar-refractivity contribution in [3.05, 3.63) is 72.3 Å². The van der Waals surface area contributed by atoms with Gasteiger partial charge in [-0.1, -0.05) is 49.9 Å². The number of anilines is 1. The molecule has 0 aliphatic carbocycles. The minimum Gasteiger partial charge on any atom is -0.432 e. The second kappa shape index (κ2) is 7.25. The Morgan fingerprint density at radius 2 is 1.65 bits per heavy atom. The van der Waals surface area contributed by atoms with Crippen molar-refractivity contribution in [3.63, 3.8) is 0 Å². The molecule has 0 amide bonds. The van der Waals surface area contributed by atoms with Crippen LogP contribution in [-0.2, 0) is 0 Å². The molecular weight excluding hydrogens is 302 g/mol. The number of thiocarbonyl (C=S) groups is 1. The third kappa shape index (κ3) is 3.88. The van der Waals surface area contributed by atoms with Crippen LogP contribution < -0.4 is 9.64 Å². The highest BCUT2D eigenvalue weighted by molar-refractivity contribution is 7.80. The van der Waals surface area contributed by atoms with Gasteiger partial charge in [-0.15, -0.1) is 0 Å². The summed E-state index contributed by atoms with van der Waals surface area (Å²) in [4.78, 5) is 1.87. The molecule has 0 aliphatic rings. The largest absolute Gasteiger partial charge is 0.432 e. The summed E-state index contributed by atoms with van der Waals surface area (Å²) >= 11 is 5.41. The number of fused-ring (bicyclic) bond motifs is 1. The molecule has 3 aromatic rings. The molecule has 118 valence electrons. The van der Waals surface area contributed by atoms with Gasteiger partial charge in [-0.3, -0.25) is 0 Å². The van der Waals surface area contributed by atoms with Gasteiger partial charge in [-0.25, -0.2) is 0 Å². The molecular formula is C20H21NOS. The van der Waals surface area contributed by atoms with E-state index in [0.29, 0.717) is 5.17 Å². The number of rotatable bonds is 2. The molecule has 0 fully saturated rings. The highest BCUT2D eigenvalue weighted by atomic mass is 32.1. The SMILES string of the molecule is C.Cc1cccc(N(C)C(=S)Oc2ccc3ccccc3c2)c1. The lowest BCUT2D eigenvalue weighted by Crippen LogP contribution is -2.29. The fourth-order valence-corrected chi connectivity index (χ4v) is 2.54. The molecule has 0 spiro atoms. The van der Waals surface area contributed by atoms with Crippen LogP contribution in [0.3, 0.4) is 0 Å². The van der Waals surface area contributed by atoms with Gasteiger partial charge < -0.3 is 9.64 Å². The lowest BCUT2D eigenvalue weighted by atomic mass is 10.1.